The Labute approximate surface area is 169 Å². The van der Waals surface area contributed by atoms with Crippen molar-refractivity contribution in [2.45, 2.75) is 0 Å². The van der Waals surface area contributed by atoms with Crippen molar-refractivity contribution in [3.63, 3.8) is 0 Å². The molecule has 0 aromatic heterocycles. The first kappa shape index (κ1) is 19.7. The number of hydrogen-bond donors (Lipinski definition) is 1. The van der Waals surface area contributed by atoms with Crippen LogP contribution in [-0.4, -0.2) is 34.5 Å². The molecule has 1 saturated heterocycles. The Balaban J connectivity index is 1.65. The van der Waals surface area contributed by atoms with Gasteiger partial charge >= 0.3 is 0 Å². The average Bonchev–Trinajstić information content (AvgIpc) is 2.91. The zero-order valence-electron chi connectivity index (χ0n) is 14.2. The summed E-state index contributed by atoms with van der Waals surface area (Å²) in [5, 5.41) is 13.2. The van der Waals surface area contributed by atoms with Crippen LogP contribution < -0.4 is 10.4 Å². The number of thioether (sulfide) groups is 1. The van der Waals surface area contributed by atoms with Crippen LogP contribution in [0.2, 0.25) is 5.02 Å². The van der Waals surface area contributed by atoms with Crippen molar-refractivity contribution in [2.24, 2.45) is 0 Å². The van der Waals surface area contributed by atoms with Crippen LogP contribution in [0.5, 0.6) is 0 Å². The van der Waals surface area contributed by atoms with Crippen LogP contribution in [0.4, 0.5) is 10.5 Å². The van der Waals surface area contributed by atoms with Crippen molar-refractivity contribution in [2.75, 3.05) is 11.9 Å². The molecule has 0 aliphatic carbocycles. The molecule has 3 rings (SSSR count). The molecule has 0 spiro atoms. The summed E-state index contributed by atoms with van der Waals surface area (Å²) in [6.45, 7) is -0.454. The van der Waals surface area contributed by atoms with Gasteiger partial charge in [0.25, 0.3) is 11.1 Å². The van der Waals surface area contributed by atoms with E-state index in [4.69, 9.17) is 11.6 Å². The van der Waals surface area contributed by atoms with Gasteiger partial charge in [-0.05, 0) is 53.2 Å². The Bertz CT molecular complexity index is 986. The molecule has 1 aliphatic heterocycles. The molecule has 9 heteroatoms. The molecule has 1 aliphatic rings. The Morgan fingerprint density at radius 2 is 1.71 bits per heavy atom. The smallest absolute Gasteiger partial charge is 0.294 e. The first-order valence-corrected chi connectivity index (χ1v) is 9.15. The summed E-state index contributed by atoms with van der Waals surface area (Å²) in [4.78, 5) is 48.5. The van der Waals surface area contributed by atoms with Gasteiger partial charge in [-0.1, -0.05) is 35.9 Å². The number of carbonyl (C=O) groups excluding carboxylic acids is 4. The maximum atomic E-state index is 12.4. The van der Waals surface area contributed by atoms with E-state index in [1.54, 1.807) is 30.3 Å². The van der Waals surface area contributed by atoms with Gasteiger partial charge in [0.1, 0.15) is 6.54 Å². The summed E-state index contributed by atoms with van der Waals surface area (Å²) in [5.74, 6) is -2.48. The zero-order chi connectivity index (χ0) is 20.3. The zero-order valence-corrected chi connectivity index (χ0v) is 15.8. The molecule has 3 amide bonds. The third kappa shape index (κ3) is 4.59. The van der Waals surface area contributed by atoms with Gasteiger partial charge in [-0.3, -0.25) is 19.3 Å². The number of nitrogens with one attached hydrogen (secondary N) is 1. The molecule has 2 aromatic carbocycles. The molecule has 0 bridgehead atoms. The van der Waals surface area contributed by atoms with E-state index in [1.165, 1.54) is 24.3 Å². The van der Waals surface area contributed by atoms with E-state index >= 15 is 0 Å². The lowest BCUT2D eigenvalue weighted by molar-refractivity contribution is -0.255. The maximum absolute atomic E-state index is 12.4. The number of rotatable bonds is 5. The standard InChI is InChI=1S/C19H13ClN2O5S/c20-13-5-1-11(2-6-13)9-15-17(24)22(19(27)28-15)10-16(23)21-14-7-3-12(4-8-14)18(25)26/h1-9H,10H2,(H,21,23)(H,25,26)/p-1. The number of benzene rings is 2. The van der Waals surface area contributed by atoms with Gasteiger partial charge in [-0.2, -0.15) is 0 Å². The minimum atomic E-state index is -1.33. The fourth-order valence-corrected chi connectivity index (χ4v) is 3.34. The van der Waals surface area contributed by atoms with E-state index in [0.29, 0.717) is 16.3 Å². The number of halogens is 1. The van der Waals surface area contributed by atoms with Crippen LogP contribution in [0, 0.1) is 0 Å². The topological polar surface area (TPSA) is 107 Å². The first-order valence-electron chi connectivity index (χ1n) is 7.95. The lowest BCUT2D eigenvalue weighted by atomic mass is 10.2. The molecule has 2 aromatic rings. The number of imide groups is 1. The number of nitrogens with zero attached hydrogens (tertiary/aromatic N) is 1. The molecular formula is C19H12ClN2O5S-. The summed E-state index contributed by atoms with van der Waals surface area (Å²) < 4.78 is 0. The summed E-state index contributed by atoms with van der Waals surface area (Å²) in [5.41, 5.74) is 1.00. The van der Waals surface area contributed by atoms with E-state index in [-0.39, 0.29) is 10.5 Å². The molecule has 1 N–H and O–H groups in total. The third-order valence-electron chi connectivity index (χ3n) is 3.75. The molecular weight excluding hydrogens is 404 g/mol. The summed E-state index contributed by atoms with van der Waals surface area (Å²) in [6, 6.07) is 12.1. The van der Waals surface area contributed by atoms with Gasteiger partial charge in [-0.15, -0.1) is 0 Å². The second kappa shape index (κ2) is 8.28. The second-order valence-electron chi connectivity index (χ2n) is 5.73. The molecule has 7 nitrogen and oxygen atoms in total. The van der Waals surface area contributed by atoms with Gasteiger partial charge in [0, 0.05) is 10.7 Å². The monoisotopic (exact) mass is 415 g/mol. The second-order valence-corrected chi connectivity index (χ2v) is 7.16. The minimum absolute atomic E-state index is 0.0312. The van der Waals surface area contributed by atoms with Crippen molar-refractivity contribution >= 4 is 58.1 Å². The van der Waals surface area contributed by atoms with Gasteiger partial charge in [-0.25, -0.2) is 0 Å². The Hall–Kier alpha value is -3.10. The Kier molecular flexibility index (Phi) is 5.81. The van der Waals surface area contributed by atoms with Gasteiger partial charge in [0.2, 0.25) is 5.91 Å². The number of carboxylic acids is 1. The number of hydrogen-bond acceptors (Lipinski definition) is 6. The van der Waals surface area contributed by atoms with Crippen LogP contribution >= 0.6 is 23.4 Å². The van der Waals surface area contributed by atoms with Crippen molar-refractivity contribution < 1.29 is 24.3 Å². The van der Waals surface area contributed by atoms with Crippen LogP contribution in [0.25, 0.3) is 6.08 Å². The van der Waals surface area contributed by atoms with E-state index in [1.807, 2.05) is 0 Å². The number of amides is 3. The Morgan fingerprint density at radius 3 is 2.32 bits per heavy atom. The fraction of sp³-hybridized carbons (Fsp3) is 0.0526. The molecule has 1 heterocycles. The largest absolute Gasteiger partial charge is 0.545 e. The third-order valence-corrected chi connectivity index (χ3v) is 4.91. The van der Waals surface area contributed by atoms with Crippen LogP contribution in [0.1, 0.15) is 15.9 Å². The quantitative estimate of drug-likeness (QED) is 0.751. The summed E-state index contributed by atoms with van der Waals surface area (Å²) >= 11 is 6.57. The number of carboxylic acid groups (broad SMARTS) is 1. The predicted octanol–water partition coefficient (Wildman–Crippen LogP) is 2.38. The van der Waals surface area contributed by atoms with E-state index in [2.05, 4.69) is 5.32 Å². The lowest BCUT2D eigenvalue weighted by Crippen LogP contribution is -2.36. The fourth-order valence-electron chi connectivity index (χ4n) is 2.38. The van der Waals surface area contributed by atoms with Crippen molar-refractivity contribution in [3.8, 4) is 0 Å². The molecule has 0 saturated carbocycles. The van der Waals surface area contributed by atoms with Gasteiger partial charge < -0.3 is 15.2 Å². The first-order chi connectivity index (χ1) is 13.3. The van der Waals surface area contributed by atoms with Crippen molar-refractivity contribution in [1.82, 2.24) is 4.90 Å². The normalized spacial score (nSPS) is 15.2. The highest BCUT2D eigenvalue weighted by Crippen LogP contribution is 2.32. The highest BCUT2D eigenvalue weighted by Gasteiger charge is 2.36. The lowest BCUT2D eigenvalue weighted by Gasteiger charge is -2.12. The molecule has 28 heavy (non-hydrogen) atoms. The summed E-state index contributed by atoms with van der Waals surface area (Å²) in [7, 11) is 0. The Morgan fingerprint density at radius 1 is 1.07 bits per heavy atom. The summed E-state index contributed by atoms with van der Waals surface area (Å²) in [6.07, 6.45) is 1.55. The number of carbonyl (C=O) groups is 4. The average molecular weight is 416 g/mol. The van der Waals surface area contributed by atoms with Crippen molar-refractivity contribution in [1.29, 1.82) is 0 Å². The van der Waals surface area contributed by atoms with Crippen LogP contribution in [-0.2, 0) is 9.59 Å². The van der Waals surface area contributed by atoms with Crippen LogP contribution in [0.15, 0.2) is 53.4 Å². The number of anilines is 1. The number of aromatic carboxylic acids is 1. The molecule has 0 radical (unpaired) electrons. The van der Waals surface area contributed by atoms with Crippen molar-refractivity contribution in [3.05, 3.63) is 69.6 Å². The SMILES string of the molecule is O=C(CN1C(=O)SC(=Cc2ccc(Cl)cc2)C1=O)Nc1ccc(C(=O)[O-])cc1. The van der Waals surface area contributed by atoms with E-state index < -0.39 is 29.6 Å². The van der Waals surface area contributed by atoms with Crippen LogP contribution in [0.3, 0.4) is 0 Å². The molecule has 1 fully saturated rings. The van der Waals surface area contributed by atoms with Gasteiger partial charge in [0.05, 0.1) is 10.9 Å². The highest BCUT2D eigenvalue weighted by molar-refractivity contribution is 8.18. The van der Waals surface area contributed by atoms with E-state index in [9.17, 15) is 24.3 Å². The predicted molar refractivity (Wildman–Crippen MR) is 104 cm³/mol. The van der Waals surface area contributed by atoms with Gasteiger partial charge in [0.15, 0.2) is 0 Å². The van der Waals surface area contributed by atoms with E-state index in [0.717, 1.165) is 16.7 Å². The highest BCUT2D eigenvalue weighted by atomic mass is 35.5. The maximum Gasteiger partial charge on any atom is 0.294 e. The molecule has 142 valence electrons. The molecule has 0 atom stereocenters. The minimum Gasteiger partial charge on any atom is -0.545 e. The molecule has 0 unspecified atom stereocenters.